The summed E-state index contributed by atoms with van der Waals surface area (Å²) in [6.45, 7) is 2.03. The molecule has 3 aromatic rings. The van der Waals surface area contributed by atoms with Crippen LogP contribution in [0.15, 0.2) is 48.7 Å². The second-order valence-corrected chi connectivity index (χ2v) is 5.27. The van der Waals surface area contributed by atoms with E-state index in [1.54, 1.807) is 23.0 Å². The van der Waals surface area contributed by atoms with Crippen molar-refractivity contribution in [1.29, 1.82) is 0 Å². The number of halogens is 1. The number of para-hydroxylation sites is 1. The average molecular weight is 283 g/mol. The standard InChI is InChI=1S/C17H18FN3/c1-2-14(19)9-12-7-8-17(15(18)10-12)21-16-6-4-3-5-13(16)11-20-21/h3-8,10-11,14H,2,9,19H2,1H3. The van der Waals surface area contributed by atoms with E-state index in [2.05, 4.69) is 5.10 Å². The number of benzene rings is 2. The van der Waals surface area contributed by atoms with Crippen molar-refractivity contribution in [2.45, 2.75) is 25.8 Å². The molecule has 108 valence electrons. The second-order valence-electron chi connectivity index (χ2n) is 5.27. The maximum Gasteiger partial charge on any atom is 0.149 e. The van der Waals surface area contributed by atoms with Gasteiger partial charge in [0, 0.05) is 11.4 Å². The van der Waals surface area contributed by atoms with Gasteiger partial charge in [0.1, 0.15) is 11.5 Å². The summed E-state index contributed by atoms with van der Waals surface area (Å²) in [7, 11) is 0. The molecule has 0 saturated heterocycles. The first-order valence-electron chi connectivity index (χ1n) is 7.16. The Kier molecular flexibility index (Phi) is 3.71. The summed E-state index contributed by atoms with van der Waals surface area (Å²) in [6, 6.07) is 13.1. The molecule has 0 radical (unpaired) electrons. The van der Waals surface area contributed by atoms with Gasteiger partial charge in [0.05, 0.1) is 11.7 Å². The molecule has 1 heterocycles. The summed E-state index contributed by atoms with van der Waals surface area (Å²) >= 11 is 0. The minimum absolute atomic E-state index is 0.0702. The van der Waals surface area contributed by atoms with Gasteiger partial charge < -0.3 is 5.73 Å². The first-order chi connectivity index (χ1) is 10.2. The van der Waals surface area contributed by atoms with E-state index in [0.29, 0.717) is 12.1 Å². The van der Waals surface area contributed by atoms with Crippen LogP contribution in [-0.4, -0.2) is 15.8 Å². The topological polar surface area (TPSA) is 43.8 Å². The molecule has 3 rings (SSSR count). The SMILES string of the molecule is CCC(N)Cc1ccc(-n2ncc3ccccc32)c(F)c1. The summed E-state index contributed by atoms with van der Waals surface area (Å²) in [5, 5.41) is 5.28. The minimum atomic E-state index is -0.273. The highest BCUT2D eigenvalue weighted by Gasteiger charge is 2.11. The number of fused-ring (bicyclic) bond motifs is 1. The Labute approximate surface area is 123 Å². The smallest absolute Gasteiger partial charge is 0.149 e. The quantitative estimate of drug-likeness (QED) is 0.797. The van der Waals surface area contributed by atoms with Gasteiger partial charge in [0.25, 0.3) is 0 Å². The molecule has 0 aliphatic rings. The molecule has 1 unspecified atom stereocenters. The predicted molar refractivity (Wildman–Crippen MR) is 83.0 cm³/mol. The van der Waals surface area contributed by atoms with Gasteiger partial charge in [-0.25, -0.2) is 9.07 Å². The fraction of sp³-hybridized carbons (Fsp3) is 0.235. The molecule has 1 aromatic heterocycles. The molecule has 0 bridgehead atoms. The fourth-order valence-electron chi connectivity index (χ4n) is 2.46. The van der Waals surface area contributed by atoms with E-state index in [9.17, 15) is 4.39 Å². The molecule has 0 aliphatic carbocycles. The zero-order valence-electron chi connectivity index (χ0n) is 12.0. The van der Waals surface area contributed by atoms with E-state index in [1.807, 2.05) is 37.3 Å². The Morgan fingerprint density at radius 3 is 2.81 bits per heavy atom. The van der Waals surface area contributed by atoms with E-state index >= 15 is 0 Å². The highest BCUT2D eigenvalue weighted by Crippen LogP contribution is 2.21. The number of rotatable bonds is 4. The van der Waals surface area contributed by atoms with Crippen LogP contribution >= 0.6 is 0 Å². The molecular weight excluding hydrogens is 265 g/mol. The first kappa shape index (κ1) is 13.8. The van der Waals surface area contributed by atoms with Crippen LogP contribution in [0.5, 0.6) is 0 Å². The van der Waals surface area contributed by atoms with Crippen LogP contribution < -0.4 is 5.73 Å². The lowest BCUT2D eigenvalue weighted by Gasteiger charge is -2.11. The summed E-state index contributed by atoms with van der Waals surface area (Å²) in [5.41, 5.74) is 8.20. The number of nitrogens with zero attached hydrogens (tertiary/aromatic N) is 2. The molecule has 0 aliphatic heterocycles. The zero-order valence-corrected chi connectivity index (χ0v) is 12.0. The summed E-state index contributed by atoms with van der Waals surface area (Å²) in [4.78, 5) is 0. The van der Waals surface area contributed by atoms with Gasteiger partial charge in [-0.3, -0.25) is 0 Å². The molecule has 2 N–H and O–H groups in total. The van der Waals surface area contributed by atoms with Crippen molar-refractivity contribution in [1.82, 2.24) is 9.78 Å². The largest absolute Gasteiger partial charge is 0.327 e. The van der Waals surface area contributed by atoms with Gasteiger partial charge in [-0.1, -0.05) is 31.2 Å². The van der Waals surface area contributed by atoms with Crippen molar-refractivity contribution in [2.24, 2.45) is 5.73 Å². The molecule has 0 saturated carbocycles. The zero-order chi connectivity index (χ0) is 14.8. The van der Waals surface area contributed by atoms with Gasteiger partial charge >= 0.3 is 0 Å². The van der Waals surface area contributed by atoms with Crippen LogP contribution in [0.4, 0.5) is 4.39 Å². The van der Waals surface area contributed by atoms with Gasteiger partial charge in [-0.05, 0) is 36.6 Å². The van der Waals surface area contributed by atoms with E-state index in [0.717, 1.165) is 22.9 Å². The lowest BCUT2D eigenvalue weighted by atomic mass is 10.0. The monoisotopic (exact) mass is 283 g/mol. The van der Waals surface area contributed by atoms with Crippen LogP contribution in [0.2, 0.25) is 0 Å². The molecule has 0 fully saturated rings. The normalized spacial score (nSPS) is 12.7. The van der Waals surface area contributed by atoms with Crippen molar-refractivity contribution in [3.8, 4) is 5.69 Å². The molecule has 0 amide bonds. The summed E-state index contributed by atoms with van der Waals surface area (Å²) in [5.74, 6) is -0.273. The molecule has 1 atom stereocenters. The average Bonchev–Trinajstić information content (AvgIpc) is 2.91. The lowest BCUT2D eigenvalue weighted by Crippen LogP contribution is -2.21. The maximum absolute atomic E-state index is 14.4. The molecule has 4 heteroatoms. The van der Waals surface area contributed by atoms with Crippen LogP contribution in [0.1, 0.15) is 18.9 Å². The van der Waals surface area contributed by atoms with E-state index in [-0.39, 0.29) is 11.9 Å². The van der Waals surface area contributed by atoms with Crippen LogP contribution in [-0.2, 0) is 6.42 Å². The number of nitrogens with two attached hydrogens (primary N) is 1. The molecule has 3 nitrogen and oxygen atoms in total. The summed E-state index contributed by atoms with van der Waals surface area (Å²) < 4.78 is 16.0. The van der Waals surface area contributed by atoms with E-state index in [1.165, 1.54) is 0 Å². The number of hydrogen-bond donors (Lipinski definition) is 1. The van der Waals surface area contributed by atoms with Crippen molar-refractivity contribution < 1.29 is 4.39 Å². The van der Waals surface area contributed by atoms with Crippen LogP contribution in [0.3, 0.4) is 0 Å². The fourth-order valence-corrected chi connectivity index (χ4v) is 2.46. The first-order valence-corrected chi connectivity index (χ1v) is 7.16. The van der Waals surface area contributed by atoms with E-state index in [4.69, 9.17) is 5.73 Å². The van der Waals surface area contributed by atoms with Gasteiger partial charge in [-0.2, -0.15) is 5.10 Å². The molecule has 2 aromatic carbocycles. The van der Waals surface area contributed by atoms with Gasteiger partial charge in [-0.15, -0.1) is 0 Å². The highest BCUT2D eigenvalue weighted by molar-refractivity contribution is 5.80. The lowest BCUT2D eigenvalue weighted by molar-refractivity contribution is 0.603. The third kappa shape index (κ3) is 2.67. The van der Waals surface area contributed by atoms with Crippen molar-refractivity contribution >= 4 is 10.9 Å². The van der Waals surface area contributed by atoms with Crippen LogP contribution in [0.25, 0.3) is 16.6 Å². The molecule has 0 spiro atoms. The predicted octanol–water partition coefficient (Wildman–Crippen LogP) is 3.44. The second kappa shape index (κ2) is 5.66. The maximum atomic E-state index is 14.4. The Balaban J connectivity index is 1.99. The Bertz CT molecular complexity index is 764. The van der Waals surface area contributed by atoms with Crippen molar-refractivity contribution in [3.63, 3.8) is 0 Å². The van der Waals surface area contributed by atoms with E-state index < -0.39 is 0 Å². The highest BCUT2D eigenvalue weighted by atomic mass is 19.1. The summed E-state index contributed by atoms with van der Waals surface area (Å²) in [6.07, 6.45) is 3.32. The van der Waals surface area contributed by atoms with Gasteiger partial charge in [0.15, 0.2) is 0 Å². The number of hydrogen-bond acceptors (Lipinski definition) is 2. The third-order valence-corrected chi connectivity index (χ3v) is 3.74. The number of aromatic nitrogens is 2. The van der Waals surface area contributed by atoms with Crippen LogP contribution in [0, 0.1) is 5.82 Å². The van der Waals surface area contributed by atoms with Crippen molar-refractivity contribution in [2.75, 3.05) is 0 Å². The Morgan fingerprint density at radius 2 is 2.05 bits per heavy atom. The molecule has 21 heavy (non-hydrogen) atoms. The van der Waals surface area contributed by atoms with Gasteiger partial charge in [0.2, 0.25) is 0 Å². The Hall–Kier alpha value is -2.20. The van der Waals surface area contributed by atoms with Crippen molar-refractivity contribution in [3.05, 3.63) is 60.0 Å². The Morgan fingerprint density at radius 1 is 1.24 bits per heavy atom. The molecular formula is C17H18FN3. The minimum Gasteiger partial charge on any atom is -0.327 e. The third-order valence-electron chi connectivity index (χ3n) is 3.74.